The van der Waals surface area contributed by atoms with Crippen molar-refractivity contribution in [1.82, 2.24) is 25.7 Å². The van der Waals surface area contributed by atoms with Crippen LogP contribution in [0.4, 0.5) is 13.2 Å². The molecule has 2 rings (SSSR count). The first-order chi connectivity index (χ1) is 10.7. The Hall–Kier alpha value is -2.39. The van der Waals surface area contributed by atoms with Gasteiger partial charge >= 0.3 is 6.18 Å². The Bertz CT molecular complexity index is 677. The SMILES string of the molecule is CC(C)Cc1noc([C@@H](C)NC(=O)c2cc(C(F)(F)F)[nH]n2)n1. The molecule has 2 N–H and O–H groups in total. The number of rotatable bonds is 5. The van der Waals surface area contributed by atoms with Crippen molar-refractivity contribution in [3.05, 3.63) is 29.2 Å². The number of aromatic amines is 1. The van der Waals surface area contributed by atoms with Crippen molar-refractivity contribution in [2.45, 2.75) is 39.4 Å². The van der Waals surface area contributed by atoms with Crippen LogP contribution < -0.4 is 5.32 Å². The van der Waals surface area contributed by atoms with E-state index >= 15 is 0 Å². The minimum absolute atomic E-state index is 0.181. The van der Waals surface area contributed by atoms with Gasteiger partial charge in [-0.15, -0.1) is 0 Å². The predicted molar refractivity (Wildman–Crippen MR) is 72.3 cm³/mol. The number of nitrogens with one attached hydrogen (secondary N) is 2. The lowest BCUT2D eigenvalue weighted by Crippen LogP contribution is -2.27. The lowest BCUT2D eigenvalue weighted by atomic mass is 10.1. The first-order valence-corrected chi connectivity index (χ1v) is 6.92. The second kappa shape index (κ2) is 6.39. The van der Waals surface area contributed by atoms with Crippen molar-refractivity contribution < 1.29 is 22.5 Å². The van der Waals surface area contributed by atoms with Crippen LogP contribution >= 0.6 is 0 Å². The Morgan fingerprint density at radius 2 is 2.09 bits per heavy atom. The fourth-order valence-corrected chi connectivity index (χ4v) is 1.81. The number of nitrogens with zero attached hydrogens (tertiary/aromatic N) is 3. The van der Waals surface area contributed by atoms with Crippen molar-refractivity contribution in [1.29, 1.82) is 0 Å². The normalized spacial score (nSPS) is 13.3. The molecule has 7 nitrogen and oxygen atoms in total. The summed E-state index contributed by atoms with van der Waals surface area (Å²) >= 11 is 0. The number of H-pyrrole nitrogens is 1. The zero-order chi connectivity index (χ0) is 17.2. The van der Waals surface area contributed by atoms with Crippen molar-refractivity contribution in [3.63, 3.8) is 0 Å². The van der Waals surface area contributed by atoms with E-state index in [1.807, 2.05) is 13.8 Å². The average Bonchev–Trinajstić information content (AvgIpc) is 3.05. The molecule has 126 valence electrons. The first kappa shape index (κ1) is 17.0. The minimum atomic E-state index is -4.59. The van der Waals surface area contributed by atoms with Gasteiger partial charge in [-0.1, -0.05) is 19.0 Å². The maximum Gasteiger partial charge on any atom is 0.432 e. The van der Waals surface area contributed by atoms with Crippen molar-refractivity contribution in [2.75, 3.05) is 0 Å². The Morgan fingerprint density at radius 1 is 1.39 bits per heavy atom. The standard InChI is InChI=1S/C13H16F3N5O2/c1-6(2)4-10-18-12(23-21-10)7(3)17-11(22)8-5-9(20-19-8)13(14,15)16/h5-7H,4H2,1-3H3,(H,17,22)(H,19,20)/t7-/m1/s1. The van der Waals surface area contributed by atoms with Crippen molar-refractivity contribution in [2.24, 2.45) is 5.92 Å². The quantitative estimate of drug-likeness (QED) is 0.877. The summed E-state index contributed by atoms with van der Waals surface area (Å²) in [6.07, 6.45) is -3.96. The lowest BCUT2D eigenvalue weighted by molar-refractivity contribution is -0.141. The maximum atomic E-state index is 12.5. The molecular weight excluding hydrogens is 315 g/mol. The van der Waals surface area contributed by atoms with Gasteiger partial charge in [-0.05, 0) is 12.8 Å². The third-order valence-corrected chi connectivity index (χ3v) is 2.91. The molecule has 0 unspecified atom stereocenters. The van der Waals surface area contributed by atoms with Gasteiger partial charge in [-0.3, -0.25) is 9.89 Å². The molecule has 2 aromatic rings. The molecule has 0 saturated heterocycles. The van der Waals surface area contributed by atoms with Crippen molar-refractivity contribution in [3.8, 4) is 0 Å². The van der Waals surface area contributed by atoms with Crippen LogP contribution in [0.15, 0.2) is 10.6 Å². The van der Waals surface area contributed by atoms with E-state index in [4.69, 9.17) is 4.52 Å². The molecule has 0 aromatic carbocycles. The Morgan fingerprint density at radius 3 is 2.65 bits per heavy atom. The van der Waals surface area contributed by atoms with E-state index in [-0.39, 0.29) is 11.6 Å². The van der Waals surface area contributed by atoms with E-state index in [1.54, 1.807) is 12.0 Å². The first-order valence-electron chi connectivity index (χ1n) is 6.92. The number of carbonyl (C=O) groups is 1. The van der Waals surface area contributed by atoms with Gasteiger partial charge in [0.15, 0.2) is 11.5 Å². The third-order valence-electron chi connectivity index (χ3n) is 2.91. The number of carbonyl (C=O) groups excluding carboxylic acids is 1. The molecule has 2 heterocycles. The highest BCUT2D eigenvalue weighted by Crippen LogP contribution is 2.27. The maximum absolute atomic E-state index is 12.5. The van der Waals surface area contributed by atoms with Gasteiger partial charge in [-0.25, -0.2) is 0 Å². The second-order valence-corrected chi connectivity index (χ2v) is 5.51. The molecule has 0 bridgehead atoms. The van der Waals surface area contributed by atoms with Gasteiger partial charge in [0.05, 0.1) is 0 Å². The van der Waals surface area contributed by atoms with Crippen LogP contribution in [0.2, 0.25) is 0 Å². The smallest absolute Gasteiger partial charge is 0.339 e. The van der Waals surface area contributed by atoms with Crippen LogP contribution in [0.5, 0.6) is 0 Å². The highest BCUT2D eigenvalue weighted by molar-refractivity contribution is 5.92. The van der Waals surface area contributed by atoms with Gasteiger partial charge in [0.2, 0.25) is 5.89 Å². The van der Waals surface area contributed by atoms with E-state index in [2.05, 4.69) is 20.6 Å². The molecule has 0 spiro atoms. The fraction of sp³-hybridized carbons (Fsp3) is 0.538. The molecule has 0 saturated carbocycles. The van der Waals surface area contributed by atoms with E-state index in [9.17, 15) is 18.0 Å². The minimum Gasteiger partial charge on any atom is -0.339 e. The third kappa shape index (κ3) is 4.30. The summed E-state index contributed by atoms with van der Waals surface area (Å²) in [7, 11) is 0. The zero-order valence-electron chi connectivity index (χ0n) is 12.7. The van der Waals surface area contributed by atoms with Crippen LogP contribution in [-0.2, 0) is 12.6 Å². The van der Waals surface area contributed by atoms with Crippen LogP contribution in [0.3, 0.4) is 0 Å². The van der Waals surface area contributed by atoms with E-state index < -0.39 is 23.8 Å². The van der Waals surface area contributed by atoms with E-state index in [0.717, 1.165) is 0 Å². The predicted octanol–water partition coefficient (Wildman–Crippen LogP) is 2.50. The highest BCUT2D eigenvalue weighted by atomic mass is 19.4. The molecular formula is C13H16F3N5O2. The summed E-state index contributed by atoms with van der Waals surface area (Å²) in [6, 6.07) is -0.0120. The number of alkyl halides is 3. The van der Waals surface area contributed by atoms with E-state index in [1.165, 1.54) is 0 Å². The average molecular weight is 331 g/mol. The van der Waals surface area contributed by atoms with Crippen LogP contribution in [0.1, 0.15) is 54.7 Å². The molecule has 0 aliphatic carbocycles. The molecule has 0 aliphatic rings. The molecule has 10 heteroatoms. The summed E-state index contributed by atoms with van der Waals surface area (Å²) in [5.74, 6) is 0.263. The van der Waals surface area contributed by atoms with E-state index in [0.29, 0.717) is 24.2 Å². The Kier molecular flexibility index (Phi) is 4.71. The van der Waals surface area contributed by atoms with Crippen LogP contribution in [0.25, 0.3) is 0 Å². The van der Waals surface area contributed by atoms with Gasteiger partial charge in [0.1, 0.15) is 11.7 Å². The fourth-order valence-electron chi connectivity index (χ4n) is 1.81. The Labute approximate surface area is 129 Å². The summed E-state index contributed by atoms with van der Waals surface area (Å²) in [6.45, 7) is 5.58. The lowest BCUT2D eigenvalue weighted by Gasteiger charge is -2.07. The number of hydrogen-bond acceptors (Lipinski definition) is 5. The largest absolute Gasteiger partial charge is 0.432 e. The second-order valence-electron chi connectivity index (χ2n) is 5.51. The summed E-state index contributed by atoms with van der Waals surface area (Å²) in [5, 5.41) is 11.4. The molecule has 0 radical (unpaired) electrons. The molecule has 1 atom stereocenters. The van der Waals surface area contributed by atoms with Crippen molar-refractivity contribution >= 4 is 5.91 Å². The van der Waals surface area contributed by atoms with Crippen LogP contribution in [-0.4, -0.2) is 26.2 Å². The zero-order valence-corrected chi connectivity index (χ0v) is 12.7. The molecule has 23 heavy (non-hydrogen) atoms. The Balaban J connectivity index is 2.02. The molecule has 0 fully saturated rings. The van der Waals surface area contributed by atoms with Gasteiger partial charge < -0.3 is 9.84 Å². The number of halogens is 3. The number of hydrogen-bond donors (Lipinski definition) is 2. The summed E-state index contributed by atoms with van der Waals surface area (Å²) < 4.78 is 42.4. The summed E-state index contributed by atoms with van der Waals surface area (Å²) in [5.41, 5.74) is -1.46. The number of aromatic nitrogens is 4. The molecule has 1 amide bonds. The molecule has 2 aromatic heterocycles. The van der Waals surface area contributed by atoms with Gasteiger partial charge in [0.25, 0.3) is 5.91 Å². The summed E-state index contributed by atoms with van der Waals surface area (Å²) in [4.78, 5) is 16.0. The monoisotopic (exact) mass is 331 g/mol. The topological polar surface area (TPSA) is 96.7 Å². The van der Waals surface area contributed by atoms with Gasteiger partial charge in [0, 0.05) is 12.5 Å². The van der Waals surface area contributed by atoms with Gasteiger partial charge in [-0.2, -0.15) is 23.3 Å². The van der Waals surface area contributed by atoms with Crippen LogP contribution in [0, 0.1) is 5.92 Å². The molecule has 0 aliphatic heterocycles. The number of amides is 1. The highest BCUT2D eigenvalue weighted by Gasteiger charge is 2.34.